The van der Waals surface area contributed by atoms with Gasteiger partial charge in [-0.05, 0) is 56.8 Å². The number of anilines is 5. The number of hydrogen-bond donors (Lipinski definition) is 2. The third kappa shape index (κ3) is 5.27. The number of rotatable bonds is 7. The van der Waals surface area contributed by atoms with Crippen molar-refractivity contribution in [3.8, 4) is 5.75 Å². The summed E-state index contributed by atoms with van der Waals surface area (Å²) in [6, 6.07) is 16.7. The Morgan fingerprint density at radius 2 is 1.80 bits per heavy atom. The highest BCUT2D eigenvalue weighted by molar-refractivity contribution is 5.63. The summed E-state index contributed by atoms with van der Waals surface area (Å²) in [4.78, 5) is 16.5. The first-order valence-electron chi connectivity index (χ1n) is 12.5. The maximum Gasteiger partial charge on any atom is 0.229 e. The number of piperazine rings is 1. The van der Waals surface area contributed by atoms with Gasteiger partial charge in [-0.2, -0.15) is 4.98 Å². The molecule has 2 aliphatic heterocycles. The maximum atomic E-state index is 6.05. The minimum Gasteiger partial charge on any atom is -0.487 e. The van der Waals surface area contributed by atoms with Crippen LogP contribution in [0.3, 0.4) is 0 Å². The number of nitrogens with zero attached hydrogens (tertiary/aromatic N) is 5. The number of likely N-dealkylation sites (N-methyl/N-ethyl adjacent to an activating group) is 1. The summed E-state index contributed by atoms with van der Waals surface area (Å²) in [6.07, 6.45) is 2.90. The van der Waals surface area contributed by atoms with Crippen LogP contribution in [0.5, 0.6) is 5.75 Å². The van der Waals surface area contributed by atoms with Gasteiger partial charge in [-0.15, -0.1) is 0 Å². The van der Waals surface area contributed by atoms with Gasteiger partial charge in [0.05, 0.1) is 5.69 Å². The van der Waals surface area contributed by atoms with Gasteiger partial charge >= 0.3 is 0 Å². The van der Waals surface area contributed by atoms with Gasteiger partial charge in [0, 0.05) is 55.9 Å². The fourth-order valence-corrected chi connectivity index (χ4v) is 4.64. The van der Waals surface area contributed by atoms with Gasteiger partial charge < -0.3 is 30.1 Å². The molecule has 3 heterocycles. The Labute approximate surface area is 207 Å². The van der Waals surface area contributed by atoms with Crippen molar-refractivity contribution in [3.63, 3.8) is 0 Å². The zero-order valence-electron chi connectivity index (χ0n) is 20.9. The highest BCUT2D eigenvalue weighted by Crippen LogP contribution is 2.34. The van der Waals surface area contributed by atoms with Crippen molar-refractivity contribution < 1.29 is 4.74 Å². The molecule has 2 aromatic carbocycles. The molecule has 0 aliphatic carbocycles. The molecule has 1 saturated heterocycles. The molecular formula is C27H35N7O. The molecule has 0 radical (unpaired) electrons. The number of aromatic nitrogens is 2. The SMILES string of the molecule is CCCN1c2ccccc2OCC1Nc1nc(Nc2ccc(N3CCN(C)CC3)cc2)ncc1C. The number of hydrogen-bond acceptors (Lipinski definition) is 8. The van der Waals surface area contributed by atoms with E-state index in [4.69, 9.17) is 9.72 Å². The van der Waals surface area contributed by atoms with Crippen molar-refractivity contribution in [1.29, 1.82) is 0 Å². The van der Waals surface area contributed by atoms with E-state index >= 15 is 0 Å². The van der Waals surface area contributed by atoms with Crippen molar-refractivity contribution in [3.05, 3.63) is 60.3 Å². The molecule has 1 atom stereocenters. The lowest BCUT2D eigenvalue weighted by Crippen LogP contribution is -2.48. The second-order valence-corrected chi connectivity index (χ2v) is 9.32. The van der Waals surface area contributed by atoms with E-state index in [1.165, 1.54) is 5.69 Å². The maximum absolute atomic E-state index is 6.05. The van der Waals surface area contributed by atoms with Gasteiger partial charge in [-0.3, -0.25) is 0 Å². The first kappa shape index (κ1) is 23.2. The number of ether oxygens (including phenoxy) is 1. The Hall–Kier alpha value is -3.52. The van der Waals surface area contributed by atoms with Crippen LogP contribution < -0.4 is 25.2 Å². The number of benzene rings is 2. The molecule has 0 saturated carbocycles. The molecule has 8 heteroatoms. The van der Waals surface area contributed by atoms with Gasteiger partial charge in [0.2, 0.25) is 5.95 Å². The van der Waals surface area contributed by atoms with Crippen LogP contribution >= 0.6 is 0 Å². The predicted octanol–water partition coefficient (Wildman–Crippen LogP) is 4.33. The van der Waals surface area contributed by atoms with Crippen LogP contribution in [0.1, 0.15) is 18.9 Å². The van der Waals surface area contributed by atoms with Gasteiger partial charge in [-0.1, -0.05) is 19.1 Å². The Morgan fingerprint density at radius 3 is 2.57 bits per heavy atom. The van der Waals surface area contributed by atoms with Crippen molar-refractivity contribution in [2.45, 2.75) is 26.4 Å². The number of aryl methyl sites for hydroxylation is 1. The molecule has 2 N–H and O–H groups in total. The third-order valence-corrected chi connectivity index (χ3v) is 6.68. The molecule has 3 aromatic rings. The van der Waals surface area contributed by atoms with Crippen LogP contribution in [0.15, 0.2) is 54.7 Å². The molecule has 0 bridgehead atoms. The van der Waals surface area contributed by atoms with E-state index in [0.29, 0.717) is 12.6 Å². The van der Waals surface area contributed by atoms with Crippen LogP contribution in [0.4, 0.5) is 28.8 Å². The quantitative estimate of drug-likeness (QED) is 0.526. The molecule has 1 unspecified atom stereocenters. The predicted molar refractivity (Wildman–Crippen MR) is 143 cm³/mol. The topological polar surface area (TPSA) is 68.8 Å². The molecule has 184 valence electrons. The molecule has 0 amide bonds. The third-order valence-electron chi connectivity index (χ3n) is 6.68. The highest BCUT2D eigenvalue weighted by Gasteiger charge is 2.27. The number of fused-ring (bicyclic) bond motifs is 1. The van der Waals surface area contributed by atoms with Crippen LogP contribution in [0, 0.1) is 6.92 Å². The zero-order chi connectivity index (χ0) is 24.2. The Balaban J connectivity index is 1.28. The molecule has 5 rings (SSSR count). The van der Waals surface area contributed by atoms with Gasteiger partial charge in [0.25, 0.3) is 0 Å². The Morgan fingerprint density at radius 1 is 1.03 bits per heavy atom. The molecule has 1 aromatic heterocycles. The lowest BCUT2D eigenvalue weighted by atomic mass is 10.2. The van der Waals surface area contributed by atoms with Crippen LogP contribution in [-0.2, 0) is 0 Å². The average Bonchev–Trinajstić information content (AvgIpc) is 2.88. The highest BCUT2D eigenvalue weighted by atomic mass is 16.5. The van der Waals surface area contributed by atoms with Gasteiger partial charge in [-0.25, -0.2) is 4.98 Å². The van der Waals surface area contributed by atoms with E-state index in [9.17, 15) is 0 Å². The second-order valence-electron chi connectivity index (χ2n) is 9.32. The summed E-state index contributed by atoms with van der Waals surface area (Å²) in [5, 5.41) is 6.97. The van der Waals surface area contributed by atoms with E-state index in [2.05, 4.69) is 80.7 Å². The molecule has 2 aliphatic rings. The van der Waals surface area contributed by atoms with Crippen molar-refractivity contribution >= 4 is 28.8 Å². The summed E-state index contributed by atoms with van der Waals surface area (Å²) >= 11 is 0. The molecule has 1 fully saturated rings. The summed E-state index contributed by atoms with van der Waals surface area (Å²) in [5.41, 5.74) is 4.34. The lowest BCUT2D eigenvalue weighted by Gasteiger charge is -2.39. The summed E-state index contributed by atoms with van der Waals surface area (Å²) in [6.45, 7) is 10.0. The zero-order valence-corrected chi connectivity index (χ0v) is 20.9. The average molecular weight is 474 g/mol. The van der Waals surface area contributed by atoms with Crippen molar-refractivity contribution in [1.82, 2.24) is 14.9 Å². The van der Waals surface area contributed by atoms with Crippen LogP contribution in [0.2, 0.25) is 0 Å². The Bertz CT molecular complexity index is 1130. The van der Waals surface area contributed by atoms with Crippen LogP contribution in [0.25, 0.3) is 0 Å². The smallest absolute Gasteiger partial charge is 0.229 e. The molecule has 35 heavy (non-hydrogen) atoms. The van der Waals surface area contributed by atoms with Crippen LogP contribution in [-0.4, -0.2) is 67.4 Å². The molecule has 0 spiro atoms. The standard InChI is InChI=1S/C27H35N7O/c1-4-13-34-23-7-5-6-8-24(23)35-19-25(34)30-26-20(2)18-28-27(31-26)29-21-9-11-22(12-10-21)33-16-14-32(3)15-17-33/h5-12,18,25H,4,13-17,19H2,1-3H3,(H2,28,29,30,31). The lowest BCUT2D eigenvalue weighted by molar-refractivity contribution is 0.273. The van der Waals surface area contributed by atoms with E-state index < -0.39 is 0 Å². The van der Waals surface area contributed by atoms with E-state index in [1.54, 1.807) is 0 Å². The summed E-state index contributed by atoms with van der Waals surface area (Å²) in [5.74, 6) is 2.32. The van der Waals surface area contributed by atoms with Crippen molar-refractivity contribution in [2.24, 2.45) is 0 Å². The largest absolute Gasteiger partial charge is 0.487 e. The molecule has 8 nitrogen and oxygen atoms in total. The normalized spacial score (nSPS) is 18.1. The van der Waals surface area contributed by atoms with E-state index in [1.807, 2.05) is 25.3 Å². The Kier molecular flexibility index (Phi) is 6.90. The second kappa shape index (κ2) is 10.4. The van der Waals surface area contributed by atoms with Gasteiger partial charge in [0.15, 0.2) is 0 Å². The van der Waals surface area contributed by atoms with Crippen molar-refractivity contribution in [2.75, 3.05) is 66.8 Å². The first-order valence-corrected chi connectivity index (χ1v) is 12.5. The van der Waals surface area contributed by atoms with E-state index in [-0.39, 0.29) is 6.17 Å². The monoisotopic (exact) mass is 473 g/mol. The number of nitrogens with one attached hydrogen (secondary N) is 2. The minimum absolute atomic E-state index is 0.00540. The summed E-state index contributed by atoms with van der Waals surface area (Å²) in [7, 11) is 2.18. The fourth-order valence-electron chi connectivity index (χ4n) is 4.64. The van der Waals surface area contributed by atoms with E-state index in [0.717, 1.165) is 67.7 Å². The molecular weight excluding hydrogens is 438 g/mol. The first-order chi connectivity index (χ1) is 17.1. The minimum atomic E-state index is -0.00540. The summed E-state index contributed by atoms with van der Waals surface area (Å²) < 4.78 is 6.05. The van der Waals surface area contributed by atoms with Gasteiger partial charge in [0.1, 0.15) is 24.3 Å². The fraction of sp³-hybridized carbons (Fsp3) is 0.407. The number of para-hydroxylation sites is 2.